The van der Waals surface area contributed by atoms with E-state index < -0.39 is 8.32 Å². The van der Waals surface area contributed by atoms with Gasteiger partial charge in [-0.15, -0.1) is 0 Å². The maximum atomic E-state index is 12.6. The molecule has 1 atom stereocenters. The summed E-state index contributed by atoms with van der Waals surface area (Å²) in [7, 11) is -2.22. The number of benzene rings is 4. The van der Waals surface area contributed by atoms with E-state index in [1.807, 2.05) is 54.6 Å². The first kappa shape index (κ1) is 33.2. The molecule has 4 aromatic carbocycles. The Labute approximate surface area is 274 Å². The van der Waals surface area contributed by atoms with Gasteiger partial charge in [0.25, 0.3) is 0 Å². The molecule has 0 saturated carbocycles. The van der Waals surface area contributed by atoms with E-state index in [1.54, 1.807) is 6.07 Å². The standard InChI is InChI=1S/C39H47N3O3Si/c1-39(2,3)46(4,5)45-36(27-42(26-30-13-8-6-9-14-30)24-23-29-17-12-18-32(40)25-29)33-19-21-35(38-34(33)20-22-37(43)41-38)44-28-31-15-10-7-11-16-31/h6-22,25,36H,23-24,26-28,40H2,1-5H3,(H,41,43)/t36-/m0/s1. The number of ether oxygens (including phenoxy) is 1. The molecule has 0 radical (unpaired) electrons. The van der Waals surface area contributed by atoms with Crippen molar-refractivity contribution in [3.05, 3.63) is 142 Å². The number of rotatable bonds is 13. The molecule has 5 aromatic rings. The second-order valence-electron chi connectivity index (χ2n) is 13.6. The van der Waals surface area contributed by atoms with Crippen molar-refractivity contribution in [2.75, 3.05) is 18.8 Å². The summed E-state index contributed by atoms with van der Waals surface area (Å²) >= 11 is 0. The minimum atomic E-state index is -2.22. The van der Waals surface area contributed by atoms with Crippen molar-refractivity contribution in [2.45, 2.75) is 64.6 Å². The number of nitrogens with two attached hydrogens (primary N) is 1. The molecule has 0 amide bonds. The lowest BCUT2D eigenvalue weighted by Gasteiger charge is -2.41. The third-order valence-corrected chi connectivity index (χ3v) is 13.5. The lowest BCUT2D eigenvalue weighted by molar-refractivity contribution is 0.117. The van der Waals surface area contributed by atoms with Gasteiger partial charge in [-0.1, -0.05) is 99.6 Å². The van der Waals surface area contributed by atoms with Gasteiger partial charge in [-0.3, -0.25) is 9.69 Å². The van der Waals surface area contributed by atoms with E-state index >= 15 is 0 Å². The predicted octanol–water partition coefficient (Wildman–Crippen LogP) is 8.50. The predicted molar refractivity (Wildman–Crippen MR) is 193 cm³/mol. The highest BCUT2D eigenvalue weighted by Crippen LogP contribution is 2.42. The van der Waals surface area contributed by atoms with Crippen LogP contribution in [0.4, 0.5) is 5.69 Å². The molecule has 5 rings (SSSR count). The molecular formula is C39H47N3O3Si. The Morgan fingerprint density at radius 3 is 2.17 bits per heavy atom. The highest BCUT2D eigenvalue weighted by molar-refractivity contribution is 6.74. The van der Waals surface area contributed by atoms with Crippen molar-refractivity contribution in [1.82, 2.24) is 9.88 Å². The average Bonchev–Trinajstić information content (AvgIpc) is 3.02. The molecule has 0 aliphatic heterocycles. The molecule has 0 spiro atoms. The Morgan fingerprint density at radius 1 is 0.826 bits per heavy atom. The first-order valence-corrected chi connectivity index (χ1v) is 19.0. The van der Waals surface area contributed by atoms with Gasteiger partial charge in [-0.25, -0.2) is 0 Å². The zero-order chi connectivity index (χ0) is 32.7. The van der Waals surface area contributed by atoms with Gasteiger partial charge >= 0.3 is 0 Å². The zero-order valence-corrected chi connectivity index (χ0v) is 28.8. The van der Waals surface area contributed by atoms with E-state index in [9.17, 15) is 4.79 Å². The van der Waals surface area contributed by atoms with Gasteiger partial charge in [0.05, 0.1) is 11.6 Å². The van der Waals surface area contributed by atoms with E-state index in [-0.39, 0.29) is 16.7 Å². The topological polar surface area (TPSA) is 80.6 Å². The maximum Gasteiger partial charge on any atom is 0.248 e. The van der Waals surface area contributed by atoms with Gasteiger partial charge < -0.3 is 19.9 Å². The van der Waals surface area contributed by atoms with Crippen molar-refractivity contribution in [1.29, 1.82) is 0 Å². The van der Waals surface area contributed by atoms with E-state index in [4.69, 9.17) is 14.9 Å². The summed E-state index contributed by atoms with van der Waals surface area (Å²) in [4.78, 5) is 18.2. The van der Waals surface area contributed by atoms with Crippen LogP contribution in [-0.4, -0.2) is 31.3 Å². The summed E-state index contributed by atoms with van der Waals surface area (Å²) in [6.07, 6.45) is 0.632. The Bertz CT molecular complexity index is 1780. The van der Waals surface area contributed by atoms with Gasteiger partial charge in [0.2, 0.25) is 5.56 Å². The number of fused-ring (bicyclic) bond motifs is 1. The van der Waals surface area contributed by atoms with Crippen LogP contribution in [-0.2, 0) is 24.0 Å². The molecule has 6 nitrogen and oxygen atoms in total. The lowest BCUT2D eigenvalue weighted by Crippen LogP contribution is -2.44. The molecule has 3 N–H and O–H groups in total. The summed E-state index contributed by atoms with van der Waals surface area (Å²) in [5.74, 6) is 0.647. The molecular weight excluding hydrogens is 587 g/mol. The smallest absolute Gasteiger partial charge is 0.248 e. The SMILES string of the molecule is CC(C)(C)[Si](C)(C)O[C@@H](CN(CCc1cccc(N)c1)Cc1ccccc1)c1ccc(OCc2ccccc2)c2[nH]c(=O)ccc12. The number of aromatic nitrogens is 1. The lowest BCUT2D eigenvalue weighted by atomic mass is 10.0. The van der Waals surface area contributed by atoms with E-state index in [1.165, 1.54) is 11.1 Å². The van der Waals surface area contributed by atoms with Crippen molar-refractivity contribution >= 4 is 24.9 Å². The monoisotopic (exact) mass is 633 g/mol. The molecule has 0 bridgehead atoms. The second kappa shape index (κ2) is 14.5. The number of nitrogen functional groups attached to an aromatic ring is 1. The molecule has 0 aliphatic carbocycles. The van der Waals surface area contributed by atoms with Crippen molar-refractivity contribution in [2.24, 2.45) is 0 Å². The summed E-state index contributed by atoms with van der Waals surface area (Å²) in [5, 5.41) is 0.948. The fourth-order valence-electron chi connectivity index (χ4n) is 5.46. The molecule has 46 heavy (non-hydrogen) atoms. The van der Waals surface area contributed by atoms with E-state index in [2.05, 4.69) is 92.3 Å². The molecule has 240 valence electrons. The minimum Gasteiger partial charge on any atom is -0.487 e. The first-order chi connectivity index (χ1) is 22.0. The number of nitrogens with one attached hydrogen (secondary N) is 1. The van der Waals surface area contributed by atoms with Gasteiger partial charge in [0, 0.05) is 36.8 Å². The zero-order valence-electron chi connectivity index (χ0n) is 27.8. The molecule has 1 aromatic heterocycles. The third kappa shape index (κ3) is 8.54. The summed E-state index contributed by atoms with van der Waals surface area (Å²) in [6.45, 7) is 14.1. The van der Waals surface area contributed by atoms with Crippen molar-refractivity contribution in [3.63, 3.8) is 0 Å². The normalized spacial score (nSPS) is 12.8. The van der Waals surface area contributed by atoms with Crippen LogP contribution in [0.5, 0.6) is 5.75 Å². The largest absolute Gasteiger partial charge is 0.487 e. The Morgan fingerprint density at radius 2 is 1.50 bits per heavy atom. The Hall–Kier alpha value is -4.17. The third-order valence-electron chi connectivity index (χ3n) is 9.06. The fraction of sp³-hybridized carbons (Fsp3) is 0.308. The van der Waals surface area contributed by atoms with Crippen LogP contribution in [0.1, 0.15) is 49.1 Å². The molecule has 1 heterocycles. The average molecular weight is 634 g/mol. The van der Waals surface area contributed by atoms with Crippen molar-refractivity contribution in [3.8, 4) is 5.75 Å². The number of nitrogens with zero attached hydrogens (tertiary/aromatic N) is 1. The van der Waals surface area contributed by atoms with Gasteiger partial charge in [0.15, 0.2) is 8.32 Å². The second-order valence-corrected chi connectivity index (χ2v) is 18.4. The molecule has 0 fully saturated rings. The summed E-state index contributed by atoms with van der Waals surface area (Å²) in [6, 6.07) is 36.4. The summed E-state index contributed by atoms with van der Waals surface area (Å²) in [5.41, 5.74) is 12.0. The highest BCUT2D eigenvalue weighted by atomic mass is 28.4. The quantitative estimate of drug-likeness (QED) is 0.100. The molecule has 0 saturated heterocycles. The van der Waals surface area contributed by atoms with Crippen LogP contribution in [0, 0.1) is 0 Å². The Balaban J connectivity index is 1.53. The molecule has 0 aliphatic rings. The first-order valence-electron chi connectivity index (χ1n) is 16.1. The molecule has 7 heteroatoms. The van der Waals surface area contributed by atoms with Crippen LogP contribution >= 0.6 is 0 Å². The number of H-pyrrole nitrogens is 1. The maximum absolute atomic E-state index is 12.6. The van der Waals surface area contributed by atoms with Crippen LogP contribution < -0.4 is 16.0 Å². The number of hydrogen-bond acceptors (Lipinski definition) is 5. The highest BCUT2D eigenvalue weighted by Gasteiger charge is 2.40. The van der Waals surface area contributed by atoms with E-state index in [0.29, 0.717) is 24.4 Å². The number of anilines is 1. The number of pyridine rings is 1. The molecule has 0 unspecified atom stereocenters. The van der Waals surface area contributed by atoms with Crippen LogP contribution in [0.3, 0.4) is 0 Å². The number of hydrogen-bond donors (Lipinski definition) is 2. The van der Waals surface area contributed by atoms with Gasteiger partial charge in [0.1, 0.15) is 12.4 Å². The van der Waals surface area contributed by atoms with Crippen LogP contribution in [0.2, 0.25) is 18.1 Å². The van der Waals surface area contributed by atoms with E-state index in [0.717, 1.165) is 41.7 Å². The van der Waals surface area contributed by atoms with Crippen LogP contribution in [0.15, 0.2) is 114 Å². The van der Waals surface area contributed by atoms with Crippen molar-refractivity contribution < 1.29 is 9.16 Å². The fourth-order valence-corrected chi connectivity index (χ4v) is 6.73. The Kier molecular flexibility index (Phi) is 10.5. The minimum absolute atomic E-state index is 0.0138. The van der Waals surface area contributed by atoms with Gasteiger partial charge in [-0.05, 0) is 71.1 Å². The number of aromatic amines is 1. The van der Waals surface area contributed by atoms with Crippen LogP contribution in [0.25, 0.3) is 10.9 Å². The summed E-state index contributed by atoms with van der Waals surface area (Å²) < 4.78 is 13.6. The van der Waals surface area contributed by atoms with Gasteiger partial charge in [-0.2, -0.15) is 0 Å².